The fourth-order valence-electron chi connectivity index (χ4n) is 1.15. The normalized spacial score (nSPS) is 12.5. The Morgan fingerprint density at radius 1 is 1.29 bits per heavy atom. The Hall–Kier alpha value is -0.610. The van der Waals surface area contributed by atoms with E-state index >= 15 is 0 Å². The Morgan fingerprint density at radius 2 is 2.00 bits per heavy atom. The van der Waals surface area contributed by atoms with Crippen LogP contribution in [0, 0.1) is 0 Å². The van der Waals surface area contributed by atoms with Crippen molar-refractivity contribution in [1.82, 2.24) is 0 Å². The van der Waals surface area contributed by atoms with Crippen LogP contribution in [0.25, 0.3) is 0 Å². The van der Waals surface area contributed by atoms with E-state index in [9.17, 15) is 9.90 Å². The molecule has 0 heterocycles. The molecule has 0 aromatic carbocycles. The Labute approximate surface area is 85.2 Å². The zero-order chi connectivity index (χ0) is 10.8. The number of unbranched alkanes of at least 4 members (excludes halogenated alkanes) is 1. The van der Waals surface area contributed by atoms with Gasteiger partial charge in [0.2, 0.25) is 0 Å². The minimum atomic E-state index is -0.312. The minimum Gasteiger partial charge on any atom is -0.469 e. The van der Waals surface area contributed by atoms with Crippen LogP contribution in [0.5, 0.6) is 0 Å². The van der Waals surface area contributed by atoms with Crippen LogP contribution in [-0.2, 0) is 14.3 Å². The van der Waals surface area contributed by atoms with Gasteiger partial charge in [-0.3, -0.25) is 4.79 Å². The van der Waals surface area contributed by atoms with E-state index in [0.717, 1.165) is 19.3 Å². The van der Waals surface area contributed by atoms with E-state index in [-0.39, 0.29) is 12.1 Å². The van der Waals surface area contributed by atoms with Gasteiger partial charge >= 0.3 is 5.97 Å². The molecule has 0 amide bonds. The molecule has 1 atom stereocenters. The largest absolute Gasteiger partial charge is 0.469 e. The van der Waals surface area contributed by atoms with Gasteiger partial charge in [0.1, 0.15) is 0 Å². The highest BCUT2D eigenvalue weighted by Gasteiger charge is 2.04. The molecule has 0 saturated heterocycles. The second-order valence-corrected chi connectivity index (χ2v) is 3.26. The summed E-state index contributed by atoms with van der Waals surface area (Å²) in [4.78, 5) is 10.7. The molecule has 0 aliphatic carbocycles. The van der Waals surface area contributed by atoms with Gasteiger partial charge in [0.05, 0.1) is 13.2 Å². The lowest BCUT2D eigenvalue weighted by Crippen LogP contribution is -2.10. The van der Waals surface area contributed by atoms with Gasteiger partial charge in [-0.05, 0) is 19.3 Å². The lowest BCUT2D eigenvalue weighted by atomic mass is 10.1. The molecule has 0 aliphatic heterocycles. The monoisotopic (exact) mass is 204 g/mol. The summed E-state index contributed by atoms with van der Waals surface area (Å²) >= 11 is 0. The lowest BCUT2D eigenvalue weighted by molar-refractivity contribution is -0.140. The van der Waals surface area contributed by atoms with Crippen molar-refractivity contribution in [3.05, 3.63) is 0 Å². The van der Waals surface area contributed by atoms with Crippen molar-refractivity contribution in [2.45, 2.75) is 38.2 Å². The van der Waals surface area contributed by atoms with E-state index in [2.05, 4.69) is 4.74 Å². The zero-order valence-corrected chi connectivity index (χ0v) is 8.99. The highest BCUT2D eigenvalue weighted by molar-refractivity contribution is 5.68. The van der Waals surface area contributed by atoms with E-state index in [4.69, 9.17) is 4.74 Å². The molecule has 0 aromatic rings. The summed E-state index contributed by atoms with van der Waals surface area (Å²) in [6.45, 7) is 0.582. The minimum absolute atomic E-state index is 0.184. The van der Waals surface area contributed by atoms with Gasteiger partial charge in [-0.15, -0.1) is 0 Å². The number of carbonyl (C=O) groups is 1. The second kappa shape index (κ2) is 8.97. The fraction of sp³-hybridized carbons (Fsp3) is 0.900. The Morgan fingerprint density at radius 3 is 2.57 bits per heavy atom. The van der Waals surface area contributed by atoms with E-state index in [1.807, 2.05) is 0 Å². The zero-order valence-electron chi connectivity index (χ0n) is 8.99. The maximum Gasteiger partial charge on any atom is 0.305 e. The predicted molar refractivity (Wildman–Crippen MR) is 53.0 cm³/mol. The van der Waals surface area contributed by atoms with Crippen molar-refractivity contribution in [3.63, 3.8) is 0 Å². The molecule has 4 nitrogen and oxygen atoms in total. The van der Waals surface area contributed by atoms with Gasteiger partial charge in [0, 0.05) is 20.1 Å². The molecule has 0 rings (SSSR count). The smallest absolute Gasteiger partial charge is 0.305 e. The van der Waals surface area contributed by atoms with Gasteiger partial charge in [-0.2, -0.15) is 0 Å². The van der Waals surface area contributed by atoms with E-state index in [1.165, 1.54) is 7.11 Å². The molecule has 0 aromatic heterocycles. The van der Waals surface area contributed by atoms with E-state index in [0.29, 0.717) is 19.4 Å². The maximum absolute atomic E-state index is 10.7. The molecular formula is C10H20O4. The molecule has 1 unspecified atom stereocenters. The van der Waals surface area contributed by atoms with Crippen LogP contribution >= 0.6 is 0 Å². The summed E-state index contributed by atoms with van der Waals surface area (Å²) in [5.41, 5.74) is 0. The average Bonchev–Trinajstić information content (AvgIpc) is 2.21. The number of hydrogen-bond acceptors (Lipinski definition) is 4. The van der Waals surface area contributed by atoms with Crippen molar-refractivity contribution in [1.29, 1.82) is 0 Å². The number of carbonyl (C=O) groups excluding carboxylic acids is 1. The summed E-state index contributed by atoms with van der Waals surface area (Å²) in [5, 5.41) is 9.41. The van der Waals surface area contributed by atoms with Crippen LogP contribution in [0.15, 0.2) is 0 Å². The van der Waals surface area contributed by atoms with Crippen LogP contribution in [0.4, 0.5) is 0 Å². The van der Waals surface area contributed by atoms with Crippen molar-refractivity contribution in [2.75, 3.05) is 20.8 Å². The number of rotatable bonds is 8. The molecular weight excluding hydrogens is 184 g/mol. The molecule has 1 N–H and O–H groups in total. The molecule has 0 spiro atoms. The molecule has 0 fully saturated rings. The molecule has 0 radical (unpaired) electrons. The number of aliphatic hydroxyl groups is 1. The molecule has 0 aliphatic rings. The summed E-state index contributed by atoms with van der Waals surface area (Å²) in [6, 6.07) is 0. The summed E-state index contributed by atoms with van der Waals surface area (Å²) in [7, 11) is 3.00. The van der Waals surface area contributed by atoms with E-state index in [1.54, 1.807) is 7.11 Å². The predicted octanol–water partition coefficient (Wildman–Crippen LogP) is 1.12. The third-order valence-corrected chi connectivity index (χ3v) is 2.05. The fourth-order valence-corrected chi connectivity index (χ4v) is 1.15. The van der Waals surface area contributed by atoms with Crippen LogP contribution < -0.4 is 0 Å². The van der Waals surface area contributed by atoms with E-state index < -0.39 is 0 Å². The van der Waals surface area contributed by atoms with Crippen molar-refractivity contribution < 1.29 is 19.4 Å². The van der Waals surface area contributed by atoms with Gasteiger partial charge < -0.3 is 14.6 Å². The quantitative estimate of drug-likeness (QED) is 0.475. The van der Waals surface area contributed by atoms with Crippen LogP contribution in [0.3, 0.4) is 0 Å². The number of methoxy groups -OCH3 is 2. The molecule has 4 heteroatoms. The number of hydrogen-bond donors (Lipinski definition) is 1. The topological polar surface area (TPSA) is 55.8 Å². The summed E-state index contributed by atoms with van der Waals surface area (Å²) < 4.78 is 9.34. The number of aliphatic hydroxyl groups excluding tert-OH is 1. The first kappa shape index (κ1) is 13.4. The average molecular weight is 204 g/mol. The Balaban J connectivity index is 3.22. The molecule has 14 heavy (non-hydrogen) atoms. The van der Waals surface area contributed by atoms with Gasteiger partial charge in [0.15, 0.2) is 0 Å². The first-order valence-electron chi connectivity index (χ1n) is 4.94. The van der Waals surface area contributed by atoms with Crippen molar-refractivity contribution in [3.8, 4) is 0 Å². The van der Waals surface area contributed by atoms with Gasteiger partial charge in [-0.1, -0.05) is 6.42 Å². The summed E-state index contributed by atoms with van der Waals surface area (Å²) in [6.07, 6.45) is 3.13. The molecule has 0 saturated carbocycles. The maximum atomic E-state index is 10.7. The Kier molecular flexibility index (Phi) is 8.57. The number of esters is 1. The number of ether oxygens (including phenoxy) is 2. The lowest BCUT2D eigenvalue weighted by Gasteiger charge is -2.08. The third kappa shape index (κ3) is 8.01. The van der Waals surface area contributed by atoms with Gasteiger partial charge in [0.25, 0.3) is 0 Å². The van der Waals surface area contributed by atoms with Crippen LogP contribution in [-0.4, -0.2) is 38.0 Å². The highest BCUT2D eigenvalue weighted by Crippen LogP contribution is 2.06. The van der Waals surface area contributed by atoms with Crippen LogP contribution in [0.1, 0.15) is 32.1 Å². The van der Waals surface area contributed by atoms with Gasteiger partial charge in [-0.25, -0.2) is 0 Å². The third-order valence-electron chi connectivity index (χ3n) is 2.05. The Bertz CT molecular complexity index is 147. The van der Waals surface area contributed by atoms with Crippen molar-refractivity contribution in [2.24, 2.45) is 0 Å². The standard InChI is InChI=1S/C10H20O4/c1-13-8-7-9(11)5-3-4-6-10(12)14-2/h9,11H,3-8H2,1-2H3. The first-order chi connectivity index (χ1) is 6.70. The SMILES string of the molecule is COCCC(O)CCCCC(=O)OC. The van der Waals surface area contributed by atoms with Crippen LogP contribution in [0.2, 0.25) is 0 Å². The molecule has 0 bridgehead atoms. The first-order valence-corrected chi connectivity index (χ1v) is 4.94. The van der Waals surface area contributed by atoms with Crippen molar-refractivity contribution >= 4 is 5.97 Å². The highest BCUT2D eigenvalue weighted by atomic mass is 16.5. The second-order valence-electron chi connectivity index (χ2n) is 3.26. The molecule has 84 valence electrons. The summed E-state index contributed by atoms with van der Waals surface area (Å²) in [5.74, 6) is -0.184.